The van der Waals surface area contributed by atoms with E-state index in [4.69, 9.17) is 21.1 Å². The Labute approximate surface area is 162 Å². The van der Waals surface area contributed by atoms with Crippen LogP contribution in [-0.2, 0) is 20.7 Å². The largest absolute Gasteiger partial charge is 0.507 e. The molecule has 3 atom stereocenters. The number of carbonyl (C=O) groups excluding carboxylic acids is 2. The molecule has 6 nitrogen and oxygen atoms in total. The molecule has 0 radical (unpaired) electrons. The average molecular weight is 395 g/mol. The molecule has 1 fully saturated rings. The summed E-state index contributed by atoms with van der Waals surface area (Å²) in [6, 6.07) is 0.985. The molecule has 2 heterocycles. The van der Waals surface area contributed by atoms with Gasteiger partial charge in [-0.3, -0.25) is 4.79 Å². The summed E-state index contributed by atoms with van der Waals surface area (Å²) in [4.78, 5) is 24.9. The smallest absolute Gasteiger partial charge is 0.342 e. The number of allylic oxidation sites excluding steroid dienone is 2. The molecule has 1 saturated heterocycles. The zero-order valence-corrected chi connectivity index (χ0v) is 15.9. The number of ether oxygens (including phenoxy) is 2. The number of phenols is 2. The number of hydrogen-bond acceptors (Lipinski definition) is 6. The van der Waals surface area contributed by atoms with Crippen molar-refractivity contribution in [1.29, 1.82) is 0 Å². The number of phenolic OH excluding ortho intramolecular Hbond substituents is 2. The van der Waals surface area contributed by atoms with Gasteiger partial charge in [0, 0.05) is 30.9 Å². The SMILES string of the molecule is C[C@@H]1C[C@H]2O[C@@H]2CC/C=C/CCC(=O)Cc2c(Cl)c(O)cc(O)c2C(=O)O1. The Balaban J connectivity index is 1.90. The van der Waals surface area contributed by atoms with Crippen LogP contribution in [0, 0.1) is 0 Å². The van der Waals surface area contributed by atoms with Gasteiger partial charge >= 0.3 is 5.97 Å². The third-order valence-electron chi connectivity index (χ3n) is 4.83. The first-order valence-electron chi connectivity index (χ1n) is 9.13. The van der Waals surface area contributed by atoms with Gasteiger partial charge in [-0.25, -0.2) is 4.79 Å². The number of esters is 1. The number of halogens is 1. The van der Waals surface area contributed by atoms with E-state index in [2.05, 4.69) is 0 Å². The number of ketones is 1. The van der Waals surface area contributed by atoms with Gasteiger partial charge in [-0.05, 0) is 26.2 Å². The van der Waals surface area contributed by atoms with E-state index >= 15 is 0 Å². The fourth-order valence-electron chi connectivity index (χ4n) is 3.36. The molecule has 0 aliphatic carbocycles. The van der Waals surface area contributed by atoms with Gasteiger partial charge in [-0.15, -0.1) is 0 Å². The summed E-state index contributed by atoms with van der Waals surface area (Å²) in [6.45, 7) is 1.75. The lowest BCUT2D eigenvalue weighted by Gasteiger charge is -2.17. The molecule has 7 heteroatoms. The Morgan fingerprint density at radius 1 is 1.11 bits per heavy atom. The second kappa shape index (κ2) is 8.31. The summed E-state index contributed by atoms with van der Waals surface area (Å²) in [5.74, 6) is -1.76. The topological polar surface area (TPSA) is 96.4 Å². The maximum absolute atomic E-state index is 12.6. The van der Waals surface area contributed by atoms with E-state index in [0.29, 0.717) is 12.8 Å². The van der Waals surface area contributed by atoms with Crippen LogP contribution in [0.1, 0.15) is 54.9 Å². The molecular weight excluding hydrogens is 372 g/mol. The highest BCUT2D eigenvalue weighted by atomic mass is 35.5. The molecule has 1 aromatic carbocycles. The monoisotopic (exact) mass is 394 g/mol. The number of fused-ring (bicyclic) bond motifs is 2. The first-order chi connectivity index (χ1) is 12.9. The summed E-state index contributed by atoms with van der Waals surface area (Å²) in [5, 5.41) is 19.9. The van der Waals surface area contributed by atoms with Gasteiger partial charge in [0.1, 0.15) is 28.9 Å². The average Bonchev–Trinajstić information content (AvgIpc) is 3.32. The second-order valence-corrected chi connectivity index (χ2v) is 7.43. The Bertz CT molecular complexity index is 772. The van der Waals surface area contributed by atoms with E-state index in [1.807, 2.05) is 12.2 Å². The molecule has 0 unspecified atom stereocenters. The minimum Gasteiger partial charge on any atom is -0.507 e. The van der Waals surface area contributed by atoms with E-state index in [9.17, 15) is 19.8 Å². The normalized spacial score (nSPS) is 28.0. The number of cyclic esters (lactones) is 1. The molecule has 0 bridgehead atoms. The van der Waals surface area contributed by atoms with Crippen LogP contribution in [0.4, 0.5) is 0 Å². The summed E-state index contributed by atoms with van der Waals surface area (Å²) in [6.07, 6.45) is 6.82. The lowest BCUT2D eigenvalue weighted by molar-refractivity contribution is -0.118. The summed E-state index contributed by atoms with van der Waals surface area (Å²) in [5.41, 5.74) is -0.0816. The highest BCUT2D eigenvalue weighted by Crippen LogP contribution is 2.38. The summed E-state index contributed by atoms with van der Waals surface area (Å²) in [7, 11) is 0. The van der Waals surface area contributed by atoms with Gasteiger partial charge in [0.15, 0.2) is 0 Å². The van der Waals surface area contributed by atoms with Gasteiger partial charge in [0.05, 0.1) is 17.2 Å². The van der Waals surface area contributed by atoms with Crippen molar-refractivity contribution in [2.24, 2.45) is 0 Å². The van der Waals surface area contributed by atoms with E-state index in [1.54, 1.807) is 6.92 Å². The predicted molar refractivity (Wildman–Crippen MR) is 99.3 cm³/mol. The zero-order chi connectivity index (χ0) is 19.6. The van der Waals surface area contributed by atoms with Crippen molar-refractivity contribution in [2.75, 3.05) is 0 Å². The minimum absolute atomic E-state index is 0.0622. The number of carbonyl (C=O) groups is 2. The van der Waals surface area contributed by atoms with Gasteiger partial charge < -0.3 is 19.7 Å². The molecule has 0 saturated carbocycles. The number of aromatic hydroxyl groups is 2. The molecule has 2 aliphatic rings. The predicted octanol–water partition coefficient (Wildman–Crippen LogP) is 3.70. The van der Waals surface area contributed by atoms with Crippen LogP contribution in [0.15, 0.2) is 18.2 Å². The Morgan fingerprint density at radius 2 is 1.85 bits per heavy atom. The van der Waals surface area contributed by atoms with Gasteiger partial charge in [-0.2, -0.15) is 0 Å². The molecule has 0 aromatic heterocycles. The van der Waals surface area contributed by atoms with Crippen LogP contribution in [0.5, 0.6) is 11.5 Å². The van der Waals surface area contributed by atoms with Crippen LogP contribution in [0.2, 0.25) is 5.02 Å². The molecule has 146 valence electrons. The van der Waals surface area contributed by atoms with Crippen LogP contribution < -0.4 is 0 Å². The molecular formula is C20H23ClO6. The standard InChI is InChI=1S/C20H23ClO6/c1-11-8-17-16(27-17)7-5-3-2-4-6-12(22)9-13-18(20(25)26-11)14(23)10-15(24)19(13)21/h2-3,10-11,16-17,23-24H,4-9H2,1H3/b3-2+/t11-,16-,17-/m1/s1. The number of Topliss-reactive ketones (excluding diaryl/α,β-unsaturated/α-hetero) is 1. The molecule has 3 rings (SSSR count). The number of benzene rings is 1. The highest BCUT2D eigenvalue weighted by Gasteiger charge is 2.39. The van der Waals surface area contributed by atoms with E-state index in [1.165, 1.54) is 0 Å². The quantitative estimate of drug-likeness (QED) is 0.395. The third kappa shape index (κ3) is 4.82. The second-order valence-electron chi connectivity index (χ2n) is 7.05. The number of rotatable bonds is 0. The number of hydrogen-bond donors (Lipinski definition) is 2. The van der Waals surface area contributed by atoms with Crippen molar-refractivity contribution in [1.82, 2.24) is 0 Å². The molecule has 2 aliphatic heterocycles. The van der Waals surface area contributed by atoms with Gasteiger partial charge in [0.25, 0.3) is 0 Å². The Hall–Kier alpha value is -2.05. The maximum Gasteiger partial charge on any atom is 0.342 e. The fourth-order valence-corrected chi connectivity index (χ4v) is 3.58. The van der Waals surface area contributed by atoms with Crippen molar-refractivity contribution < 1.29 is 29.3 Å². The van der Waals surface area contributed by atoms with E-state index in [-0.39, 0.29) is 52.7 Å². The highest BCUT2D eigenvalue weighted by molar-refractivity contribution is 6.33. The molecule has 2 N–H and O–H groups in total. The third-order valence-corrected chi connectivity index (χ3v) is 5.26. The van der Waals surface area contributed by atoms with Crippen molar-refractivity contribution in [3.63, 3.8) is 0 Å². The summed E-state index contributed by atoms with van der Waals surface area (Å²) < 4.78 is 11.1. The first-order valence-corrected chi connectivity index (χ1v) is 9.51. The Kier molecular flexibility index (Phi) is 6.07. The first kappa shape index (κ1) is 19.7. The van der Waals surface area contributed by atoms with Crippen LogP contribution in [0.3, 0.4) is 0 Å². The van der Waals surface area contributed by atoms with Gasteiger partial charge in [0.2, 0.25) is 0 Å². The van der Waals surface area contributed by atoms with Crippen molar-refractivity contribution in [3.8, 4) is 11.5 Å². The number of epoxide rings is 1. The van der Waals surface area contributed by atoms with E-state index in [0.717, 1.165) is 18.9 Å². The van der Waals surface area contributed by atoms with Crippen molar-refractivity contribution in [3.05, 3.63) is 34.4 Å². The minimum atomic E-state index is -0.770. The van der Waals surface area contributed by atoms with Crippen molar-refractivity contribution in [2.45, 2.75) is 63.8 Å². The lowest BCUT2D eigenvalue weighted by atomic mass is 9.98. The maximum atomic E-state index is 12.6. The molecule has 0 spiro atoms. The Morgan fingerprint density at radius 3 is 2.63 bits per heavy atom. The molecule has 1 aromatic rings. The molecule has 0 amide bonds. The van der Waals surface area contributed by atoms with Crippen LogP contribution >= 0.6 is 11.6 Å². The van der Waals surface area contributed by atoms with Crippen LogP contribution in [-0.4, -0.2) is 40.3 Å². The fraction of sp³-hybridized carbons (Fsp3) is 0.500. The van der Waals surface area contributed by atoms with E-state index < -0.39 is 17.8 Å². The van der Waals surface area contributed by atoms with Gasteiger partial charge in [-0.1, -0.05) is 23.8 Å². The zero-order valence-electron chi connectivity index (χ0n) is 15.1. The lowest BCUT2D eigenvalue weighted by Crippen LogP contribution is -2.20. The summed E-state index contributed by atoms with van der Waals surface area (Å²) >= 11 is 6.12. The van der Waals surface area contributed by atoms with Crippen molar-refractivity contribution >= 4 is 23.4 Å². The van der Waals surface area contributed by atoms with Crippen LogP contribution in [0.25, 0.3) is 0 Å². The molecule has 27 heavy (non-hydrogen) atoms.